The maximum Gasteiger partial charge on any atom is 0.190 e. The van der Waals surface area contributed by atoms with E-state index in [4.69, 9.17) is 28.4 Å². The average Bonchev–Trinajstić information content (AvgIpc) is 3.23. The van der Waals surface area contributed by atoms with Crippen LogP contribution in [0.15, 0.2) is 25.3 Å². The molecule has 4 fully saturated rings. The molecule has 160 valence electrons. The zero-order chi connectivity index (χ0) is 20.7. The molecule has 7 heteroatoms. The maximum absolute atomic E-state index is 9.84. The smallest absolute Gasteiger partial charge is 0.190 e. The van der Waals surface area contributed by atoms with Crippen LogP contribution in [0.1, 0.15) is 47.5 Å². The van der Waals surface area contributed by atoms with Crippen molar-refractivity contribution in [3.8, 4) is 0 Å². The Morgan fingerprint density at radius 3 is 1.75 bits per heavy atom. The summed E-state index contributed by atoms with van der Waals surface area (Å²) in [5.74, 6) is -0.780. The molecule has 0 spiro atoms. The summed E-state index contributed by atoms with van der Waals surface area (Å²) in [5.41, 5.74) is 0. The van der Waals surface area contributed by atoms with E-state index in [1.165, 1.54) is 0 Å². The standard InChI is InChI=1S/C11H18O3.C10H16O4/c1-5-6-8-7(2)9-10(12-8)14-11(3,4)13-9;1-4-5-6-7(11)8-9(12-6)14-10(2,3)13-8/h5,7-10H,1,6H2,2-4H3;4,6-9,11H,1,5H2,2-3H3/t7-,8+,9?,10+;6?,7-,8?,9+/m00/s1. The lowest BCUT2D eigenvalue weighted by Crippen LogP contribution is -2.34. The molecule has 4 aliphatic rings. The van der Waals surface area contributed by atoms with Crippen molar-refractivity contribution in [1.82, 2.24) is 0 Å². The third-order valence-corrected chi connectivity index (χ3v) is 5.41. The summed E-state index contributed by atoms with van der Waals surface area (Å²) in [6.07, 6.45) is 3.48. The van der Waals surface area contributed by atoms with Crippen LogP contribution < -0.4 is 0 Å². The van der Waals surface area contributed by atoms with Crippen molar-refractivity contribution in [2.24, 2.45) is 5.92 Å². The molecule has 0 aliphatic carbocycles. The molecule has 0 amide bonds. The van der Waals surface area contributed by atoms with Gasteiger partial charge in [0.15, 0.2) is 24.2 Å². The molecule has 0 bridgehead atoms. The van der Waals surface area contributed by atoms with E-state index in [9.17, 15) is 5.11 Å². The predicted octanol–water partition coefficient (Wildman–Crippen LogP) is 2.87. The minimum absolute atomic E-state index is 0.0787. The summed E-state index contributed by atoms with van der Waals surface area (Å²) < 4.78 is 33.7. The Bertz CT molecular complexity index is 525. The number of hydrogen-bond donors (Lipinski definition) is 1. The number of hydrogen-bond acceptors (Lipinski definition) is 7. The van der Waals surface area contributed by atoms with Gasteiger partial charge in [-0.05, 0) is 40.5 Å². The highest BCUT2D eigenvalue weighted by Crippen LogP contribution is 2.41. The lowest BCUT2D eigenvalue weighted by atomic mass is 9.99. The second kappa shape index (κ2) is 8.14. The fourth-order valence-electron chi connectivity index (χ4n) is 4.08. The van der Waals surface area contributed by atoms with E-state index in [1.807, 2.05) is 33.8 Å². The molecule has 1 N–H and O–H groups in total. The van der Waals surface area contributed by atoms with E-state index >= 15 is 0 Å². The highest BCUT2D eigenvalue weighted by Gasteiger charge is 2.54. The molecular formula is C21H34O7. The normalized spacial score (nSPS) is 45.1. The van der Waals surface area contributed by atoms with Crippen LogP contribution in [0.25, 0.3) is 0 Å². The molecule has 4 aliphatic heterocycles. The predicted molar refractivity (Wildman–Crippen MR) is 102 cm³/mol. The molecule has 8 atom stereocenters. The Balaban J connectivity index is 0.000000161. The topological polar surface area (TPSA) is 75.6 Å². The van der Waals surface area contributed by atoms with Crippen LogP contribution >= 0.6 is 0 Å². The van der Waals surface area contributed by atoms with Crippen LogP contribution in [0.4, 0.5) is 0 Å². The molecule has 0 aromatic carbocycles. The third kappa shape index (κ3) is 4.51. The van der Waals surface area contributed by atoms with E-state index in [-0.39, 0.29) is 30.7 Å². The fraction of sp³-hybridized carbons (Fsp3) is 0.810. The van der Waals surface area contributed by atoms with E-state index < -0.39 is 24.0 Å². The third-order valence-electron chi connectivity index (χ3n) is 5.41. The zero-order valence-corrected chi connectivity index (χ0v) is 17.5. The van der Waals surface area contributed by atoms with Crippen molar-refractivity contribution in [1.29, 1.82) is 0 Å². The molecule has 4 rings (SSSR count). The average molecular weight is 398 g/mol. The summed E-state index contributed by atoms with van der Waals surface area (Å²) >= 11 is 0. The van der Waals surface area contributed by atoms with Crippen molar-refractivity contribution >= 4 is 0 Å². The first-order valence-corrected chi connectivity index (χ1v) is 9.99. The van der Waals surface area contributed by atoms with Crippen molar-refractivity contribution in [2.45, 2.75) is 102 Å². The molecule has 7 nitrogen and oxygen atoms in total. The highest BCUT2D eigenvalue weighted by molar-refractivity contribution is 4.95. The van der Waals surface area contributed by atoms with Crippen LogP contribution in [0.5, 0.6) is 0 Å². The molecule has 0 aromatic heterocycles. The summed E-state index contributed by atoms with van der Waals surface area (Å²) in [6.45, 7) is 16.9. The van der Waals surface area contributed by atoms with E-state index in [0.29, 0.717) is 12.3 Å². The minimum atomic E-state index is -0.657. The van der Waals surface area contributed by atoms with Gasteiger partial charge in [0, 0.05) is 5.92 Å². The largest absolute Gasteiger partial charge is 0.387 e. The monoisotopic (exact) mass is 398 g/mol. The van der Waals surface area contributed by atoms with Gasteiger partial charge in [-0.15, -0.1) is 13.2 Å². The van der Waals surface area contributed by atoms with E-state index in [2.05, 4.69) is 20.1 Å². The van der Waals surface area contributed by atoms with Gasteiger partial charge < -0.3 is 33.5 Å². The van der Waals surface area contributed by atoms with Crippen LogP contribution in [-0.4, -0.2) is 59.8 Å². The van der Waals surface area contributed by atoms with Gasteiger partial charge in [-0.1, -0.05) is 19.1 Å². The Hall–Kier alpha value is -0.800. The highest BCUT2D eigenvalue weighted by atomic mass is 16.8. The first-order valence-electron chi connectivity index (χ1n) is 9.99. The van der Waals surface area contributed by atoms with Crippen LogP contribution in [0.2, 0.25) is 0 Å². The number of aliphatic hydroxyl groups excluding tert-OH is 1. The zero-order valence-electron chi connectivity index (χ0n) is 17.5. The second-order valence-corrected chi connectivity index (χ2v) is 8.68. The first kappa shape index (κ1) is 21.9. The molecule has 4 heterocycles. The SMILES string of the molecule is C=CCC1O[C@@H]2OC(C)(C)OC2[C@H]1O.C=CC[C@H]1O[C@@H]2OC(C)(C)OC2[C@H]1C. The summed E-state index contributed by atoms with van der Waals surface area (Å²) in [4.78, 5) is 0. The first-order chi connectivity index (χ1) is 13.1. The van der Waals surface area contributed by atoms with Gasteiger partial charge in [0.25, 0.3) is 0 Å². The van der Waals surface area contributed by atoms with Gasteiger partial charge in [0.05, 0.1) is 12.2 Å². The van der Waals surface area contributed by atoms with Crippen LogP contribution in [-0.2, 0) is 28.4 Å². The maximum atomic E-state index is 9.84. The number of aliphatic hydroxyl groups is 1. The van der Waals surface area contributed by atoms with Gasteiger partial charge in [0.2, 0.25) is 0 Å². The molecule has 28 heavy (non-hydrogen) atoms. The fourth-order valence-corrected chi connectivity index (χ4v) is 4.08. The quantitative estimate of drug-likeness (QED) is 0.730. The molecule has 4 saturated heterocycles. The number of fused-ring (bicyclic) bond motifs is 2. The summed E-state index contributed by atoms with van der Waals surface area (Å²) in [6, 6.07) is 0. The second-order valence-electron chi connectivity index (χ2n) is 8.68. The van der Waals surface area contributed by atoms with Gasteiger partial charge in [-0.25, -0.2) is 0 Å². The Morgan fingerprint density at radius 2 is 1.25 bits per heavy atom. The minimum Gasteiger partial charge on any atom is -0.387 e. The summed E-state index contributed by atoms with van der Waals surface area (Å²) in [5, 5.41) is 9.84. The summed E-state index contributed by atoms with van der Waals surface area (Å²) in [7, 11) is 0. The lowest BCUT2D eigenvalue weighted by molar-refractivity contribution is -0.214. The van der Waals surface area contributed by atoms with Crippen molar-refractivity contribution in [3.63, 3.8) is 0 Å². The van der Waals surface area contributed by atoms with Crippen molar-refractivity contribution in [3.05, 3.63) is 25.3 Å². The molecular weight excluding hydrogens is 364 g/mol. The Labute approximate surface area is 167 Å². The number of ether oxygens (including phenoxy) is 6. The number of rotatable bonds is 4. The van der Waals surface area contributed by atoms with Crippen molar-refractivity contribution < 1.29 is 33.5 Å². The molecule has 3 unspecified atom stereocenters. The van der Waals surface area contributed by atoms with Crippen molar-refractivity contribution in [2.75, 3.05) is 0 Å². The van der Waals surface area contributed by atoms with Crippen LogP contribution in [0, 0.1) is 5.92 Å². The Morgan fingerprint density at radius 1 is 0.786 bits per heavy atom. The lowest BCUT2D eigenvalue weighted by Gasteiger charge is -2.22. The molecule has 0 radical (unpaired) electrons. The van der Waals surface area contributed by atoms with Gasteiger partial charge >= 0.3 is 0 Å². The van der Waals surface area contributed by atoms with Gasteiger partial charge in [-0.3, -0.25) is 0 Å². The van der Waals surface area contributed by atoms with E-state index in [0.717, 1.165) is 6.42 Å². The van der Waals surface area contributed by atoms with Crippen LogP contribution in [0.3, 0.4) is 0 Å². The Kier molecular flexibility index (Phi) is 6.37. The van der Waals surface area contributed by atoms with Gasteiger partial charge in [-0.2, -0.15) is 0 Å². The van der Waals surface area contributed by atoms with Gasteiger partial charge in [0.1, 0.15) is 18.3 Å². The van der Waals surface area contributed by atoms with E-state index in [1.54, 1.807) is 6.08 Å². The molecule has 0 aromatic rings. The molecule has 0 saturated carbocycles.